The summed E-state index contributed by atoms with van der Waals surface area (Å²) < 4.78 is 5.86. The van der Waals surface area contributed by atoms with Gasteiger partial charge in [-0.1, -0.05) is 24.3 Å². The lowest BCUT2D eigenvalue weighted by Gasteiger charge is -2.39. The van der Waals surface area contributed by atoms with E-state index >= 15 is 0 Å². The number of amides is 1. The van der Waals surface area contributed by atoms with E-state index in [0.29, 0.717) is 19.1 Å². The van der Waals surface area contributed by atoms with Crippen LogP contribution >= 0.6 is 12.4 Å². The van der Waals surface area contributed by atoms with Crippen LogP contribution in [0.2, 0.25) is 0 Å². The fourth-order valence-electron chi connectivity index (χ4n) is 3.33. The van der Waals surface area contributed by atoms with Crippen molar-refractivity contribution in [2.45, 2.75) is 44.9 Å². The quantitative estimate of drug-likeness (QED) is 0.907. The standard InChI is InChI=1S/C17H24N2O2.ClH/c1-12-13(2)19(9-8-18-12)17(20)11-16-15-6-4-3-5-14(15)7-10-21-16;/h3-6,12-13,16,18H,7-11H2,1-2H3;1H. The molecule has 0 spiro atoms. The second kappa shape index (κ2) is 7.44. The number of carbonyl (C=O) groups excluding carboxylic acids is 1. The Morgan fingerprint density at radius 3 is 2.95 bits per heavy atom. The van der Waals surface area contributed by atoms with Gasteiger partial charge in [0.05, 0.1) is 19.1 Å². The summed E-state index contributed by atoms with van der Waals surface area (Å²) in [6.45, 7) is 6.63. The molecule has 3 unspecified atom stereocenters. The van der Waals surface area contributed by atoms with Gasteiger partial charge in [-0.25, -0.2) is 0 Å². The molecule has 5 heteroatoms. The highest BCUT2D eigenvalue weighted by Crippen LogP contribution is 2.30. The Morgan fingerprint density at radius 1 is 1.36 bits per heavy atom. The molecule has 1 N–H and O–H groups in total. The van der Waals surface area contributed by atoms with Gasteiger partial charge in [0, 0.05) is 25.2 Å². The Balaban J connectivity index is 0.00000176. The van der Waals surface area contributed by atoms with Crippen LogP contribution in [0.15, 0.2) is 24.3 Å². The smallest absolute Gasteiger partial charge is 0.225 e. The first kappa shape index (κ1) is 17.3. The summed E-state index contributed by atoms with van der Waals surface area (Å²) in [7, 11) is 0. The van der Waals surface area contributed by atoms with Crippen LogP contribution in [0.3, 0.4) is 0 Å². The van der Waals surface area contributed by atoms with Crippen molar-refractivity contribution in [2.75, 3.05) is 19.7 Å². The van der Waals surface area contributed by atoms with Gasteiger partial charge in [-0.05, 0) is 31.4 Å². The number of nitrogens with one attached hydrogen (secondary N) is 1. The second-order valence-electron chi connectivity index (χ2n) is 6.08. The van der Waals surface area contributed by atoms with Crippen LogP contribution in [0.5, 0.6) is 0 Å². The predicted molar refractivity (Wildman–Crippen MR) is 89.3 cm³/mol. The van der Waals surface area contributed by atoms with Crippen LogP contribution < -0.4 is 5.32 Å². The van der Waals surface area contributed by atoms with E-state index in [1.807, 2.05) is 11.0 Å². The predicted octanol–water partition coefficient (Wildman–Crippen LogP) is 2.32. The fourth-order valence-corrected chi connectivity index (χ4v) is 3.33. The summed E-state index contributed by atoms with van der Waals surface area (Å²) in [6, 6.07) is 8.91. The maximum absolute atomic E-state index is 12.7. The molecule has 1 amide bonds. The van der Waals surface area contributed by atoms with Gasteiger partial charge < -0.3 is 15.0 Å². The molecule has 3 atom stereocenters. The number of hydrogen-bond donors (Lipinski definition) is 1. The Morgan fingerprint density at radius 2 is 2.14 bits per heavy atom. The summed E-state index contributed by atoms with van der Waals surface area (Å²) in [4.78, 5) is 14.7. The highest BCUT2D eigenvalue weighted by molar-refractivity contribution is 5.85. The summed E-state index contributed by atoms with van der Waals surface area (Å²) in [6.07, 6.45) is 1.32. The van der Waals surface area contributed by atoms with Crippen molar-refractivity contribution < 1.29 is 9.53 Å². The summed E-state index contributed by atoms with van der Waals surface area (Å²) >= 11 is 0. The van der Waals surface area contributed by atoms with Crippen molar-refractivity contribution in [3.8, 4) is 0 Å². The van der Waals surface area contributed by atoms with Gasteiger partial charge >= 0.3 is 0 Å². The average Bonchev–Trinajstić information content (AvgIpc) is 2.50. The third kappa shape index (κ3) is 3.45. The number of ether oxygens (including phenoxy) is 1. The number of halogens is 1. The number of carbonyl (C=O) groups is 1. The first-order valence-corrected chi connectivity index (χ1v) is 7.89. The summed E-state index contributed by atoms with van der Waals surface area (Å²) in [5.74, 6) is 0.206. The number of piperazine rings is 1. The van der Waals surface area contributed by atoms with Crippen molar-refractivity contribution >= 4 is 18.3 Å². The average molecular weight is 325 g/mol. The topological polar surface area (TPSA) is 41.6 Å². The van der Waals surface area contributed by atoms with Gasteiger partial charge in [-0.3, -0.25) is 4.79 Å². The molecule has 1 fully saturated rings. The second-order valence-corrected chi connectivity index (χ2v) is 6.08. The molecule has 0 aromatic heterocycles. The summed E-state index contributed by atoms with van der Waals surface area (Å²) in [5, 5.41) is 3.41. The van der Waals surface area contributed by atoms with E-state index in [4.69, 9.17) is 4.74 Å². The molecule has 0 saturated carbocycles. The first-order valence-electron chi connectivity index (χ1n) is 7.89. The Labute approximate surface area is 138 Å². The molecule has 4 nitrogen and oxygen atoms in total. The van der Waals surface area contributed by atoms with Crippen molar-refractivity contribution in [3.63, 3.8) is 0 Å². The fraction of sp³-hybridized carbons (Fsp3) is 0.588. The first-order chi connectivity index (χ1) is 10.2. The molecule has 1 saturated heterocycles. The number of rotatable bonds is 2. The Bertz CT molecular complexity index is 523. The minimum Gasteiger partial charge on any atom is -0.373 e. The van der Waals surface area contributed by atoms with Gasteiger partial charge in [-0.2, -0.15) is 0 Å². The monoisotopic (exact) mass is 324 g/mol. The lowest BCUT2D eigenvalue weighted by molar-refractivity contribution is -0.138. The van der Waals surface area contributed by atoms with Crippen molar-refractivity contribution in [2.24, 2.45) is 0 Å². The van der Waals surface area contributed by atoms with Crippen LogP contribution in [0.4, 0.5) is 0 Å². The molecule has 122 valence electrons. The molecule has 0 aliphatic carbocycles. The van der Waals surface area contributed by atoms with E-state index in [9.17, 15) is 4.79 Å². The van der Waals surface area contributed by atoms with E-state index in [1.54, 1.807) is 0 Å². The largest absolute Gasteiger partial charge is 0.373 e. The zero-order valence-corrected chi connectivity index (χ0v) is 14.1. The summed E-state index contributed by atoms with van der Waals surface area (Å²) in [5.41, 5.74) is 2.51. The van der Waals surface area contributed by atoms with Crippen molar-refractivity contribution in [1.82, 2.24) is 10.2 Å². The molecular formula is C17H25ClN2O2. The number of benzene rings is 1. The van der Waals surface area contributed by atoms with Crippen LogP contribution in [0.1, 0.15) is 37.5 Å². The number of fused-ring (bicyclic) bond motifs is 1. The van der Waals surface area contributed by atoms with Gasteiger partial charge in [-0.15, -0.1) is 12.4 Å². The molecule has 22 heavy (non-hydrogen) atoms. The lowest BCUT2D eigenvalue weighted by atomic mass is 9.95. The van der Waals surface area contributed by atoms with E-state index in [1.165, 1.54) is 11.1 Å². The van der Waals surface area contributed by atoms with Gasteiger partial charge in [0.2, 0.25) is 5.91 Å². The SMILES string of the molecule is CC1NCCN(C(=O)CC2OCCc3ccccc32)C1C.Cl. The van der Waals surface area contributed by atoms with Crippen LogP contribution in [-0.2, 0) is 16.0 Å². The molecule has 1 aromatic rings. The van der Waals surface area contributed by atoms with Crippen molar-refractivity contribution in [1.29, 1.82) is 0 Å². The van der Waals surface area contributed by atoms with Crippen molar-refractivity contribution in [3.05, 3.63) is 35.4 Å². The zero-order chi connectivity index (χ0) is 14.8. The molecule has 2 heterocycles. The Kier molecular flexibility index (Phi) is 5.84. The van der Waals surface area contributed by atoms with Gasteiger partial charge in [0.1, 0.15) is 0 Å². The van der Waals surface area contributed by atoms with E-state index in [0.717, 1.165) is 19.5 Å². The minimum atomic E-state index is -0.0835. The maximum Gasteiger partial charge on any atom is 0.225 e. The lowest BCUT2D eigenvalue weighted by Crippen LogP contribution is -2.57. The zero-order valence-electron chi connectivity index (χ0n) is 13.2. The number of hydrogen-bond acceptors (Lipinski definition) is 3. The van der Waals surface area contributed by atoms with E-state index in [-0.39, 0.29) is 30.5 Å². The van der Waals surface area contributed by atoms with Crippen LogP contribution in [-0.4, -0.2) is 42.6 Å². The van der Waals surface area contributed by atoms with Gasteiger partial charge in [0.25, 0.3) is 0 Å². The number of nitrogens with zero attached hydrogens (tertiary/aromatic N) is 1. The van der Waals surface area contributed by atoms with Crippen LogP contribution in [0, 0.1) is 0 Å². The molecule has 2 aliphatic rings. The molecular weight excluding hydrogens is 300 g/mol. The highest BCUT2D eigenvalue weighted by atomic mass is 35.5. The normalized spacial score (nSPS) is 27.7. The highest BCUT2D eigenvalue weighted by Gasteiger charge is 2.31. The molecule has 1 aromatic carbocycles. The molecule has 3 rings (SSSR count). The van der Waals surface area contributed by atoms with E-state index in [2.05, 4.69) is 37.4 Å². The minimum absolute atomic E-state index is 0. The third-order valence-corrected chi connectivity index (χ3v) is 4.81. The van der Waals surface area contributed by atoms with Crippen LogP contribution in [0.25, 0.3) is 0 Å². The Hall–Kier alpha value is -1.10. The third-order valence-electron chi connectivity index (χ3n) is 4.81. The van der Waals surface area contributed by atoms with Gasteiger partial charge in [0.15, 0.2) is 0 Å². The molecule has 2 aliphatic heterocycles. The maximum atomic E-state index is 12.7. The molecule has 0 radical (unpaired) electrons. The molecule has 0 bridgehead atoms. The van der Waals surface area contributed by atoms with E-state index < -0.39 is 0 Å².